The monoisotopic (exact) mass is 310 g/mol. The van der Waals surface area contributed by atoms with Crippen molar-refractivity contribution in [2.24, 2.45) is 0 Å². The van der Waals surface area contributed by atoms with Gasteiger partial charge in [-0.15, -0.1) is 0 Å². The molecule has 17 heavy (non-hydrogen) atoms. The molecule has 0 spiro atoms. The van der Waals surface area contributed by atoms with E-state index in [4.69, 9.17) is 0 Å². The highest BCUT2D eigenvalue weighted by molar-refractivity contribution is 9.10. The summed E-state index contributed by atoms with van der Waals surface area (Å²) in [5, 5.41) is 2.38. The highest BCUT2D eigenvalue weighted by atomic mass is 79.9. The maximum atomic E-state index is 11.8. The Morgan fingerprint density at radius 3 is 2.76 bits per heavy atom. The van der Waals surface area contributed by atoms with Crippen molar-refractivity contribution in [1.29, 1.82) is 0 Å². The molecule has 0 aromatic carbocycles. The number of rotatable bonds is 4. The topological polar surface area (TPSA) is 42.0 Å². The van der Waals surface area contributed by atoms with E-state index in [-0.39, 0.29) is 18.7 Å². The summed E-state index contributed by atoms with van der Waals surface area (Å²) in [6.07, 6.45) is -3.79. The molecular formula is C10H10BrF3N2O. The molecule has 0 aliphatic carbocycles. The van der Waals surface area contributed by atoms with E-state index in [9.17, 15) is 18.0 Å². The fourth-order valence-electron chi connectivity index (χ4n) is 1.13. The van der Waals surface area contributed by atoms with Crippen LogP contribution in [0.3, 0.4) is 0 Å². The number of nitrogens with one attached hydrogen (secondary N) is 1. The summed E-state index contributed by atoms with van der Waals surface area (Å²) in [7, 11) is 0. The Kier molecular flexibility index (Phi) is 4.92. The minimum Gasteiger partial charge on any atom is -0.351 e. The number of hydrogen-bond acceptors (Lipinski definition) is 2. The number of carbonyl (C=O) groups is 1. The van der Waals surface area contributed by atoms with E-state index in [0.717, 1.165) is 0 Å². The predicted molar refractivity (Wildman–Crippen MR) is 59.6 cm³/mol. The van der Waals surface area contributed by atoms with Crippen LogP contribution in [0.15, 0.2) is 22.8 Å². The molecule has 0 aliphatic heterocycles. The summed E-state index contributed by atoms with van der Waals surface area (Å²) in [5.74, 6) is -0.486. The molecule has 94 valence electrons. The van der Waals surface area contributed by atoms with Gasteiger partial charge >= 0.3 is 6.18 Å². The first-order chi connectivity index (χ1) is 7.90. The quantitative estimate of drug-likeness (QED) is 0.869. The molecule has 1 amide bonds. The zero-order valence-corrected chi connectivity index (χ0v) is 10.3. The van der Waals surface area contributed by atoms with E-state index in [1.165, 1.54) is 6.20 Å². The van der Waals surface area contributed by atoms with Gasteiger partial charge in [-0.25, -0.2) is 4.98 Å². The molecule has 0 fully saturated rings. The van der Waals surface area contributed by atoms with Crippen LogP contribution < -0.4 is 5.32 Å². The van der Waals surface area contributed by atoms with Gasteiger partial charge in [0.1, 0.15) is 5.69 Å². The Hall–Kier alpha value is -1.11. The summed E-state index contributed by atoms with van der Waals surface area (Å²) in [6.45, 7) is -0.0264. The summed E-state index contributed by atoms with van der Waals surface area (Å²) in [4.78, 5) is 15.3. The lowest BCUT2D eigenvalue weighted by Gasteiger charge is -2.07. The van der Waals surface area contributed by atoms with Crippen LogP contribution in [-0.2, 0) is 0 Å². The van der Waals surface area contributed by atoms with Gasteiger partial charge in [0.05, 0.1) is 0 Å². The van der Waals surface area contributed by atoms with Crippen LogP contribution >= 0.6 is 15.9 Å². The summed E-state index contributed by atoms with van der Waals surface area (Å²) >= 11 is 3.13. The number of carbonyl (C=O) groups excluding carboxylic acids is 1. The average Bonchev–Trinajstić information content (AvgIpc) is 2.23. The lowest BCUT2D eigenvalue weighted by molar-refractivity contribution is -0.135. The molecule has 0 aliphatic rings. The molecule has 1 N–H and O–H groups in total. The van der Waals surface area contributed by atoms with Crippen LogP contribution in [0.5, 0.6) is 0 Å². The molecule has 3 nitrogen and oxygen atoms in total. The van der Waals surface area contributed by atoms with Crippen molar-refractivity contribution in [3.63, 3.8) is 0 Å². The third-order valence-corrected chi connectivity index (χ3v) is 2.54. The SMILES string of the molecule is O=C(NCCCC(F)(F)F)c1ncccc1Br. The fraction of sp³-hybridized carbons (Fsp3) is 0.400. The fourth-order valence-corrected chi connectivity index (χ4v) is 1.56. The Morgan fingerprint density at radius 1 is 1.47 bits per heavy atom. The first-order valence-corrected chi connectivity index (χ1v) is 5.65. The van der Waals surface area contributed by atoms with Crippen LogP contribution in [0.1, 0.15) is 23.3 Å². The first kappa shape index (κ1) is 14.0. The second kappa shape index (κ2) is 6.00. The predicted octanol–water partition coefficient (Wildman–Crippen LogP) is 2.92. The highest BCUT2D eigenvalue weighted by Crippen LogP contribution is 2.20. The van der Waals surface area contributed by atoms with Crippen molar-refractivity contribution in [2.75, 3.05) is 6.54 Å². The van der Waals surface area contributed by atoms with E-state index in [0.29, 0.717) is 4.47 Å². The summed E-state index contributed by atoms with van der Waals surface area (Å²) < 4.78 is 36.0. The molecule has 0 atom stereocenters. The summed E-state index contributed by atoms with van der Waals surface area (Å²) in [6, 6.07) is 3.28. The third kappa shape index (κ3) is 5.16. The lowest BCUT2D eigenvalue weighted by atomic mass is 10.3. The minimum atomic E-state index is -4.18. The molecule has 1 aromatic heterocycles. The smallest absolute Gasteiger partial charge is 0.351 e. The van der Waals surface area contributed by atoms with Crippen LogP contribution in [0, 0.1) is 0 Å². The molecule has 1 heterocycles. The number of alkyl halides is 3. The zero-order valence-electron chi connectivity index (χ0n) is 8.72. The van der Waals surface area contributed by atoms with Crippen molar-refractivity contribution in [3.8, 4) is 0 Å². The standard InChI is InChI=1S/C10H10BrF3N2O/c11-7-3-1-5-15-8(7)9(17)16-6-2-4-10(12,13)14/h1,3,5H,2,4,6H2,(H,16,17). The largest absolute Gasteiger partial charge is 0.389 e. The Morgan fingerprint density at radius 2 is 2.18 bits per heavy atom. The molecular weight excluding hydrogens is 301 g/mol. The van der Waals surface area contributed by atoms with E-state index >= 15 is 0 Å². The number of nitrogens with zero attached hydrogens (tertiary/aromatic N) is 1. The molecule has 0 saturated heterocycles. The minimum absolute atomic E-state index is 0.0264. The van der Waals surface area contributed by atoms with Crippen molar-refractivity contribution < 1.29 is 18.0 Å². The van der Waals surface area contributed by atoms with Crippen LogP contribution in [0.25, 0.3) is 0 Å². The van der Waals surface area contributed by atoms with Crippen molar-refractivity contribution >= 4 is 21.8 Å². The normalized spacial score (nSPS) is 11.3. The van der Waals surface area contributed by atoms with Gasteiger partial charge in [0.25, 0.3) is 5.91 Å². The molecule has 0 bridgehead atoms. The van der Waals surface area contributed by atoms with Gasteiger partial charge < -0.3 is 5.32 Å². The molecule has 0 unspecified atom stereocenters. The van der Waals surface area contributed by atoms with Gasteiger partial charge in [-0.1, -0.05) is 0 Å². The van der Waals surface area contributed by atoms with Crippen LogP contribution in [0.2, 0.25) is 0 Å². The van der Waals surface area contributed by atoms with E-state index < -0.39 is 18.5 Å². The van der Waals surface area contributed by atoms with Gasteiger partial charge in [-0.05, 0) is 34.5 Å². The Labute approximate surface area is 105 Å². The first-order valence-electron chi connectivity index (χ1n) is 4.85. The summed E-state index contributed by atoms with van der Waals surface area (Å²) in [5.41, 5.74) is 0.166. The van der Waals surface area contributed by atoms with Gasteiger partial charge in [0.15, 0.2) is 0 Å². The molecule has 0 saturated carbocycles. The van der Waals surface area contributed by atoms with Crippen LogP contribution in [0.4, 0.5) is 13.2 Å². The zero-order chi connectivity index (χ0) is 12.9. The maximum Gasteiger partial charge on any atom is 0.389 e. The second-order valence-corrected chi connectivity index (χ2v) is 4.16. The number of amides is 1. The van der Waals surface area contributed by atoms with Gasteiger partial charge in [0.2, 0.25) is 0 Å². The number of halogens is 4. The molecule has 7 heteroatoms. The molecule has 0 radical (unpaired) electrons. The second-order valence-electron chi connectivity index (χ2n) is 3.31. The van der Waals surface area contributed by atoms with Crippen LogP contribution in [-0.4, -0.2) is 23.6 Å². The Balaban J connectivity index is 2.39. The van der Waals surface area contributed by atoms with Crippen molar-refractivity contribution in [1.82, 2.24) is 10.3 Å². The third-order valence-electron chi connectivity index (χ3n) is 1.90. The molecule has 1 aromatic rings. The van der Waals surface area contributed by atoms with Crippen molar-refractivity contribution in [2.45, 2.75) is 19.0 Å². The average molecular weight is 311 g/mol. The van der Waals surface area contributed by atoms with E-state index in [2.05, 4.69) is 26.2 Å². The van der Waals surface area contributed by atoms with E-state index in [1.807, 2.05) is 0 Å². The van der Waals surface area contributed by atoms with Gasteiger partial charge in [-0.3, -0.25) is 4.79 Å². The number of pyridine rings is 1. The Bertz CT molecular complexity index is 395. The van der Waals surface area contributed by atoms with Gasteiger partial charge in [0, 0.05) is 23.6 Å². The highest BCUT2D eigenvalue weighted by Gasteiger charge is 2.26. The van der Waals surface area contributed by atoms with Crippen molar-refractivity contribution in [3.05, 3.63) is 28.5 Å². The lowest BCUT2D eigenvalue weighted by Crippen LogP contribution is -2.26. The number of hydrogen-bond donors (Lipinski definition) is 1. The number of aromatic nitrogens is 1. The molecule has 1 rings (SSSR count). The van der Waals surface area contributed by atoms with Gasteiger partial charge in [-0.2, -0.15) is 13.2 Å². The van der Waals surface area contributed by atoms with E-state index in [1.54, 1.807) is 12.1 Å². The maximum absolute atomic E-state index is 11.8.